The highest BCUT2D eigenvalue weighted by Crippen LogP contribution is 2.30. The Morgan fingerprint density at radius 1 is 1.39 bits per heavy atom. The van der Waals surface area contributed by atoms with E-state index in [1.54, 1.807) is 0 Å². The van der Waals surface area contributed by atoms with E-state index in [1.807, 2.05) is 26.0 Å². The fourth-order valence-corrected chi connectivity index (χ4v) is 2.83. The number of carbonyl (C=O) groups is 1. The number of hydrogen-bond donors (Lipinski definition) is 0. The van der Waals surface area contributed by atoms with E-state index in [0.717, 1.165) is 24.0 Å². The molecule has 1 aliphatic heterocycles. The van der Waals surface area contributed by atoms with Gasteiger partial charge in [-0.05, 0) is 49.9 Å². The Bertz CT molecular complexity index is 468. The van der Waals surface area contributed by atoms with Crippen LogP contribution in [0.5, 0.6) is 0 Å². The van der Waals surface area contributed by atoms with Crippen molar-refractivity contribution in [2.75, 3.05) is 6.61 Å². The fraction of sp³-hybridized carbons (Fsp3) is 0.533. The molecule has 0 spiro atoms. The first-order valence-electron chi connectivity index (χ1n) is 6.47. The average molecular weight is 267 g/mol. The highest BCUT2D eigenvalue weighted by atomic mass is 35.5. The number of carbonyl (C=O) groups excluding carboxylic acids is 1. The molecule has 0 radical (unpaired) electrons. The molecule has 98 valence electrons. The maximum Gasteiger partial charge on any atom is 0.170 e. The normalized spacial score (nSPS) is 23.3. The van der Waals surface area contributed by atoms with Crippen molar-refractivity contribution in [1.82, 2.24) is 0 Å². The molecule has 2 atom stereocenters. The Kier molecular flexibility index (Phi) is 4.08. The lowest BCUT2D eigenvalue weighted by Crippen LogP contribution is -2.24. The summed E-state index contributed by atoms with van der Waals surface area (Å²) >= 11 is 6.20. The van der Waals surface area contributed by atoms with Crippen molar-refractivity contribution in [1.29, 1.82) is 0 Å². The van der Waals surface area contributed by atoms with Crippen LogP contribution in [0.15, 0.2) is 12.1 Å². The molecule has 1 aliphatic rings. The molecule has 2 rings (SSSR count). The van der Waals surface area contributed by atoms with Crippen molar-refractivity contribution in [2.24, 2.45) is 5.92 Å². The van der Waals surface area contributed by atoms with Crippen molar-refractivity contribution < 1.29 is 9.53 Å². The van der Waals surface area contributed by atoms with Crippen LogP contribution < -0.4 is 0 Å². The zero-order chi connectivity index (χ0) is 13.3. The van der Waals surface area contributed by atoms with Gasteiger partial charge >= 0.3 is 0 Å². The van der Waals surface area contributed by atoms with Gasteiger partial charge < -0.3 is 4.74 Å². The Labute approximate surface area is 113 Å². The summed E-state index contributed by atoms with van der Waals surface area (Å²) in [5, 5.41) is 0.560. The van der Waals surface area contributed by atoms with Crippen molar-refractivity contribution >= 4 is 17.4 Å². The largest absolute Gasteiger partial charge is 0.377 e. The van der Waals surface area contributed by atoms with Gasteiger partial charge in [0.2, 0.25) is 0 Å². The zero-order valence-electron chi connectivity index (χ0n) is 11.1. The van der Waals surface area contributed by atoms with Crippen LogP contribution in [0.3, 0.4) is 0 Å². The minimum Gasteiger partial charge on any atom is -0.377 e. The molecule has 0 N–H and O–H groups in total. The van der Waals surface area contributed by atoms with Crippen molar-refractivity contribution in [3.05, 3.63) is 33.8 Å². The first-order chi connectivity index (χ1) is 8.54. The number of rotatable bonds is 3. The van der Waals surface area contributed by atoms with Gasteiger partial charge in [-0.1, -0.05) is 18.5 Å². The molecule has 3 heteroatoms. The lowest BCUT2D eigenvalue weighted by Gasteiger charge is -2.17. The number of ketones is 1. The first kappa shape index (κ1) is 13.6. The van der Waals surface area contributed by atoms with Gasteiger partial charge in [-0.25, -0.2) is 0 Å². The Balaban J connectivity index is 2.31. The van der Waals surface area contributed by atoms with Crippen LogP contribution in [0.1, 0.15) is 41.3 Å². The molecule has 0 saturated carbocycles. The van der Waals surface area contributed by atoms with Gasteiger partial charge in [0.1, 0.15) is 0 Å². The summed E-state index contributed by atoms with van der Waals surface area (Å²) < 4.78 is 5.59. The highest BCUT2D eigenvalue weighted by Gasteiger charge is 2.34. The number of hydrogen-bond acceptors (Lipinski definition) is 2. The lowest BCUT2D eigenvalue weighted by atomic mass is 9.89. The third-order valence-corrected chi connectivity index (χ3v) is 4.11. The highest BCUT2D eigenvalue weighted by molar-refractivity contribution is 6.34. The van der Waals surface area contributed by atoms with Crippen molar-refractivity contribution in [3.8, 4) is 0 Å². The van der Waals surface area contributed by atoms with E-state index in [4.69, 9.17) is 16.3 Å². The number of ether oxygens (including phenoxy) is 1. The molecule has 0 bridgehead atoms. The molecule has 0 aromatic heterocycles. The molecular weight excluding hydrogens is 248 g/mol. The minimum absolute atomic E-state index is 0.0328. The summed E-state index contributed by atoms with van der Waals surface area (Å²) in [5.41, 5.74) is 2.87. The maximum atomic E-state index is 12.5. The van der Waals surface area contributed by atoms with Gasteiger partial charge in [-0.3, -0.25) is 4.79 Å². The molecule has 2 unspecified atom stereocenters. The molecule has 1 heterocycles. The minimum atomic E-state index is -0.0328. The van der Waals surface area contributed by atoms with Gasteiger partial charge in [-0.15, -0.1) is 0 Å². The fourth-order valence-electron chi connectivity index (χ4n) is 2.52. The van der Waals surface area contributed by atoms with E-state index in [-0.39, 0.29) is 17.8 Å². The van der Waals surface area contributed by atoms with Gasteiger partial charge in [-0.2, -0.15) is 0 Å². The van der Waals surface area contributed by atoms with Crippen LogP contribution in [0.4, 0.5) is 0 Å². The van der Waals surface area contributed by atoms with Crippen LogP contribution in [0, 0.1) is 19.8 Å². The summed E-state index contributed by atoms with van der Waals surface area (Å²) in [7, 11) is 0. The van der Waals surface area contributed by atoms with E-state index in [0.29, 0.717) is 17.2 Å². The first-order valence-corrected chi connectivity index (χ1v) is 6.85. The topological polar surface area (TPSA) is 26.3 Å². The van der Waals surface area contributed by atoms with Crippen molar-refractivity contribution in [2.45, 2.75) is 39.7 Å². The molecule has 1 fully saturated rings. The van der Waals surface area contributed by atoms with E-state index in [1.165, 1.54) is 0 Å². The predicted molar refractivity (Wildman–Crippen MR) is 73.4 cm³/mol. The van der Waals surface area contributed by atoms with Crippen LogP contribution >= 0.6 is 11.6 Å². The standard InChI is InChI=1S/C15H19ClO2/c1-4-14-11(5-6-18-14)15(17)12-7-9(2)10(3)8-13(12)16/h7-8,11,14H,4-6H2,1-3H3. The second kappa shape index (κ2) is 5.41. The molecule has 2 nitrogen and oxygen atoms in total. The second-order valence-electron chi connectivity index (χ2n) is 4.99. The monoisotopic (exact) mass is 266 g/mol. The SMILES string of the molecule is CCC1OCCC1C(=O)c1cc(C)c(C)cc1Cl. The third kappa shape index (κ3) is 2.45. The number of Topliss-reactive ketones (excluding diaryl/α,β-unsaturated/α-hetero) is 1. The van der Waals surface area contributed by atoms with E-state index < -0.39 is 0 Å². The molecule has 0 amide bonds. The lowest BCUT2D eigenvalue weighted by molar-refractivity contribution is 0.0689. The van der Waals surface area contributed by atoms with Gasteiger partial charge in [0.05, 0.1) is 17.0 Å². The quantitative estimate of drug-likeness (QED) is 0.774. The van der Waals surface area contributed by atoms with E-state index in [2.05, 4.69) is 6.92 Å². The molecule has 0 aliphatic carbocycles. The Morgan fingerprint density at radius 2 is 2.06 bits per heavy atom. The summed E-state index contributed by atoms with van der Waals surface area (Å²) in [4.78, 5) is 12.5. The molecule has 1 aromatic rings. The molecule has 1 aromatic carbocycles. The molecule has 18 heavy (non-hydrogen) atoms. The predicted octanol–water partition coefficient (Wildman–Crippen LogP) is 3.95. The summed E-state index contributed by atoms with van der Waals surface area (Å²) in [6.07, 6.45) is 1.73. The van der Waals surface area contributed by atoms with Crippen LogP contribution in [-0.2, 0) is 4.74 Å². The number of halogens is 1. The zero-order valence-corrected chi connectivity index (χ0v) is 11.9. The molecule has 1 saturated heterocycles. The van der Waals surface area contributed by atoms with E-state index in [9.17, 15) is 4.79 Å². The third-order valence-electron chi connectivity index (χ3n) is 3.80. The summed E-state index contributed by atoms with van der Waals surface area (Å²) in [6, 6.07) is 3.78. The summed E-state index contributed by atoms with van der Waals surface area (Å²) in [6.45, 7) is 6.74. The Hall–Kier alpha value is -0.860. The van der Waals surface area contributed by atoms with Crippen LogP contribution in [0.2, 0.25) is 5.02 Å². The number of benzene rings is 1. The average Bonchev–Trinajstić information content (AvgIpc) is 2.81. The van der Waals surface area contributed by atoms with E-state index >= 15 is 0 Å². The smallest absolute Gasteiger partial charge is 0.170 e. The van der Waals surface area contributed by atoms with Crippen molar-refractivity contribution in [3.63, 3.8) is 0 Å². The van der Waals surface area contributed by atoms with Crippen LogP contribution in [0.25, 0.3) is 0 Å². The van der Waals surface area contributed by atoms with Gasteiger partial charge in [0.15, 0.2) is 5.78 Å². The van der Waals surface area contributed by atoms with Gasteiger partial charge in [0, 0.05) is 12.2 Å². The number of aryl methyl sites for hydroxylation is 2. The second-order valence-corrected chi connectivity index (χ2v) is 5.40. The molecular formula is C15H19ClO2. The van der Waals surface area contributed by atoms with Gasteiger partial charge in [0.25, 0.3) is 0 Å². The Morgan fingerprint density at radius 3 is 2.72 bits per heavy atom. The van der Waals surface area contributed by atoms with Crippen LogP contribution in [-0.4, -0.2) is 18.5 Å². The summed E-state index contributed by atoms with van der Waals surface area (Å²) in [5.74, 6) is 0.0991. The maximum absolute atomic E-state index is 12.5.